The van der Waals surface area contributed by atoms with Crippen molar-refractivity contribution in [2.45, 2.75) is 6.42 Å². The Labute approximate surface area is 298 Å². The van der Waals surface area contributed by atoms with Crippen LogP contribution in [0.2, 0.25) is 0 Å². The number of fused-ring (bicyclic) bond motifs is 4. The molecule has 0 bridgehead atoms. The molecule has 0 amide bonds. The molecule has 8 rings (SSSR count). The number of aromatic nitrogens is 1. The molecule has 8 aromatic rings. The lowest BCUT2D eigenvalue weighted by molar-refractivity contribution is 0.327. The average molecular weight is 684 g/mol. The molecule has 7 N–H and O–H groups in total. The number of rotatable bonds is 7. The second kappa shape index (κ2) is 12.9. The molecule has 7 aromatic carbocycles. The van der Waals surface area contributed by atoms with Crippen molar-refractivity contribution < 1.29 is 25.5 Å². The first-order chi connectivity index (χ1) is 25.3. The number of amidine groups is 1. The van der Waals surface area contributed by atoms with Crippen LogP contribution >= 0.6 is 0 Å². The van der Waals surface area contributed by atoms with Gasteiger partial charge in [-0.25, -0.2) is 4.99 Å². The lowest BCUT2D eigenvalue weighted by Gasteiger charge is -2.16. The van der Waals surface area contributed by atoms with Gasteiger partial charge in [0.1, 0.15) is 11.5 Å². The highest BCUT2D eigenvalue weighted by molar-refractivity contribution is 6.12. The number of hydrogen-bond acceptors (Lipinski definition) is 6. The minimum Gasteiger partial charge on any atom is -0.503 e. The van der Waals surface area contributed by atoms with Crippen LogP contribution in [0.3, 0.4) is 0 Å². The van der Waals surface area contributed by atoms with Crippen LogP contribution in [0.15, 0.2) is 151 Å². The van der Waals surface area contributed by atoms with Gasteiger partial charge in [-0.05, 0) is 52.1 Å². The number of aliphatic imine (C=N–C) groups is 1. The lowest BCUT2D eigenvalue weighted by atomic mass is 9.92. The van der Waals surface area contributed by atoms with Gasteiger partial charge >= 0.3 is 0 Å². The van der Waals surface area contributed by atoms with Crippen LogP contribution in [0.25, 0.3) is 55.1 Å². The summed E-state index contributed by atoms with van der Waals surface area (Å²) in [5, 5.41) is 56.2. The fourth-order valence-corrected chi connectivity index (χ4v) is 6.89. The van der Waals surface area contributed by atoms with Gasteiger partial charge in [0.25, 0.3) is 0 Å². The van der Waals surface area contributed by atoms with E-state index >= 15 is 0 Å². The van der Waals surface area contributed by atoms with E-state index in [0.29, 0.717) is 23.3 Å². The number of nitrogens with two attached hydrogens (primary N) is 1. The molecule has 0 radical (unpaired) electrons. The molecule has 52 heavy (non-hydrogen) atoms. The Balaban J connectivity index is 1.31. The highest BCUT2D eigenvalue weighted by Crippen LogP contribution is 2.54. The Morgan fingerprint density at radius 3 is 1.85 bits per heavy atom. The molecule has 0 saturated carbocycles. The Hall–Kier alpha value is -7.19. The molecule has 0 aliphatic carbocycles. The van der Waals surface area contributed by atoms with Gasteiger partial charge < -0.3 is 35.8 Å². The van der Waals surface area contributed by atoms with Crippen LogP contribution < -0.4 is 5.73 Å². The standard InChI is InChI=1S/C44H33N3O5/c45-44(27-13-5-2-6-14-27)46-35(23-19-26-11-3-1-4-12-26)32-22-21-29(30-15-7-8-16-31(30)32)28-20-24-37-34(25-28)33-17-9-10-18-36(33)47(37)38-39(48)41(50)43(52)42(51)40(38)49/h1-18,20-25,48-52H,19H2,(H2,45,46)/b35-23-. The van der Waals surface area contributed by atoms with E-state index in [-0.39, 0.29) is 5.69 Å². The molecule has 0 aliphatic heterocycles. The summed E-state index contributed by atoms with van der Waals surface area (Å²) < 4.78 is 1.55. The summed E-state index contributed by atoms with van der Waals surface area (Å²) in [5.74, 6) is -4.01. The third-order valence-electron chi connectivity index (χ3n) is 9.44. The fourth-order valence-electron chi connectivity index (χ4n) is 6.89. The zero-order valence-electron chi connectivity index (χ0n) is 27.8. The monoisotopic (exact) mass is 683 g/mol. The first-order valence-electron chi connectivity index (χ1n) is 16.7. The molecule has 254 valence electrons. The number of aromatic hydroxyl groups is 5. The summed E-state index contributed by atoms with van der Waals surface area (Å²) in [7, 11) is 0. The molecule has 1 aromatic heterocycles. The van der Waals surface area contributed by atoms with Gasteiger partial charge in [0.15, 0.2) is 11.5 Å². The van der Waals surface area contributed by atoms with E-state index in [4.69, 9.17) is 10.7 Å². The van der Waals surface area contributed by atoms with Crippen molar-refractivity contribution in [1.82, 2.24) is 4.57 Å². The Kier molecular flexibility index (Phi) is 7.97. The molecule has 8 heteroatoms. The molecule has 0 atom stereocenters. The molecule has 0 unspecified atom stereocenters. The summed E-state index contributed by atoms with van der Waals surface area (Å²) in [6, 6.07) is 45.5. The summed E-state index contributed by atoms with van der Waals surface area (Å²) in [5.41, 5.74) is 13.1. The van der Waals surface area contributed by atoms with Crippen LogP contribution in [-0.2, 0) is 6.42 Å². The van der Waals surface area contributed by atoms with E-state index in [1.54, 1.807) is 4.57 Å². The number of benzene rings is 7. The van der Waals surface area contributed by atoms with E-state index in [1.165, 1.54) is 0 Å². The highest BCUT2D eigenvalue weighted by atomic mass is 16.4. The summed E-state index contributed by atoms with van der Waals surface area (Å²) in [6.07, 6.45) is 2.78. The van der Waals surface area contributed by atoms with Crippen molar-refractivity contribution in [2.24, 2.45) is 10.7 Å². The lowest BCUT2D eigenvalue weighted by Crippen LogP contribution is -2.13. The number of hydrogen-bond donors (Lipinski definition) is 6. The predicted molar refractivity (Wildman–Crippen MR) is 207 cm³/mol. The van der Waals surface area contributed by atoms with E-state index in [1.807, 2.05) is 103 Å². The maximum Gasteiger partial charge on any atom is 0.208 e. The zero-order valence-corrected chi connectivity index (χ0v) is 27.8. The average Bonchev–Trinajstić information content (AvgIpc) is 3.51. The van der Waals surface area contributed by atoms with Crippen molar-refractivity contribution in [3.8, 4) is 45.6 Å². The molecule has 0 saturated heterocycles. The molecule has 0 fully saturated rings. The Morgan fingerprint density at radius 2 is 1.13 bits per heavy atom. The fraction of sp³-hybridized carbons (Fsp3) is 0.0227. The second-order valence-electron chi connectivity index (χ2n) is 12.5. The topological polar surface area (TPSA) is 144 Å². The van der Waals surface area contributed by atoms with Crippen molar-refractivity contribution in [1.29, 1.82) is 0 Å². The van der Waals surface area contributed by atoms with Crippen LogP contribution in [0.4, 0.5) is 0 Å². The number of phenols is 5. The molecule has 1 heterocycles. The third kappa shape index (κ3) is 5.39. The van der Waals surface area contributed by atoms with Gasteiger partial charge in [0.05, 0.1) is 16.7 Å². The summed E-state index contributed by atoms with van der Waals surface area (Å²) >= 11 is 0. The Morgan fingerprint density at radius 1 is 0.558 bits per heavy atom. The van der Waals surface area contributed by atoms with E-state index in [0.717, 1.165) is 55.1 Å². The van der Waals surface area contributed by atoms with Crippen LogP contribution in [-0.4, -0.2) is 35.9 Å². The molecular formula is C44H33N3O5. The highest BCUT2D eigenvalue weighted by Gasteiger charge is 2.27. The number of phenolic OH excluding ortho intramolecular Hbond substituents is 5. The van der Waals surface area contributed by atoms with Gasteiger partial charge in [-0.2, -0.15) is 0 Å². The largest absolute Gasteiger partial charge is 0.503 e. The maximum absolute atomic E-state index is 10.9. The Bertz CT molecular complexity index is 2690. The van der Waals surface area contributed by atoms with E-state index < -0.39 is 28.7 Å². The quantitative estimate of drug-likeness (QED) is 0.0428. The van der Waals surface area contributed by atoms with Gasteiger partial charge in [-0.15, -0.1) is 0 Å². The van der Waals surface area contributed by atoms with Crippen molar-refractivity contribution >= 4 is 44.1 Å². The SMILES string of the molecule is N/C(=N\C(=C/Cc1ccccc1)c1ccc(-c2ccc3c(c2)c2ccccc2n3-c2c(O)c(O)c(O)c(O)c2O)c2ccccc12)c1ccccc1. The van der Waals surface area contributed by atoms with Crippen molar-refractivity contribution in [2.75, 3.05) is 0 Å². The van der Waals surface area contributed by atoms with Crippen molar-refractivity contribution in [3.05, 3.63) is 162 Å². The van der Waals surface area contributed by atoms with Gasteiger partial charge in [0, 0.05) is 21.9 Å². The molecule has 8 nitrogen and oxygen atoms in total. The summed E-state index contributed by atoms with van der Waals surface area (Å²) in [4.78, 5) is 4.98. The maximum atomic E-state index is 10.9. The summed E-state index contributed by atoms with van der Waals surface area (Å²) in [6.45, 7) is 0. The first-order valence-corrected chi connectivity index (χ1v) is 16.7. The van der Waals surface area contributed by atoms with Crippen molar-refractivity contribution in [3.63, 3.8) is 0 Å². The third-order valence-corrected chi connectivity index (χ3v) is 9.44. The molecule has 0 aliphatic rings. The van der Waals surface area contributed by atoms with Gasteiger partial charge in [-0.1, -0.05) is 127 Å². The number of para-hydroxylation sites is 1. The second-order valence-corrected chi connectivity index (χ2v) is 12.5. The zero-order chi connectivity index (χ0) is 35.9. The van der Waals surface area contributed by atoms with Crippen LogP contribution in [0.5, 0.6) is 28.7 Å². The number of allylic oxidation sites excluding steroid dienone is 1. The minimum atomic E-state index is -1.01. The number of nitrogens with zero attached hydrogens (tertiary/aromatic N) is 2. The molecule has 0 spiro atoms. The van der Waals surface area contributed by atoms with Gasteiger partial charge in [-0.3, -0.25) is 0 Å². The first kappa shape index (κ1) is 32.0. The van der Waals surface area contributed by atoms with E-state index in [2.05, 4.69) is 42.5 Å². The van der Waals surface area contributed by atoms with Crippen LogP contribution in [0.1, 0.15) is 16.7 Å². The van der Waals surface area contributed by atoms with Gasteiger partial charge in [0.2, 0.25) is 17.2 Å². The smallest absolute Gasteiger partial charge is 0.208 e. The normalized spacial score (nSPS) is 12.2. The van der Waals surface area contributed by atoms with Crippen LogP contribution in [0, 0.1) is 0 Å². The minimum absolute atomic E-state index is 0.258. The molecular weight excluding hydrogens is 650 g/mol. The van der Waals surface area contributed by atoms with E-state index in [9.17, 15) is 25.5 Å². The predicted octanol–water partition coefficient (Wildman–Crippen LogP) is 9.12.